The zero-order valence-corrected chi connectivity index (χ0v) is 16.0. The first-order valence-electron chi connectivity index (χ1n) is 9.27. The molecule has 1 fully saturated rings. The third-order valence-corrected chi connectivity index (χ3v) is 4.86. The van der Waals surface area contributed by atoms with Crippen molar-refractivity contribution in [3.8, 4) is 17.2 Å². The van der Waals surface area contributed by atoms with Crippen LogP contribution in [0.5, 0.6) is 17.2 Å². The van der Waals surface area contributed by atoms with Gasteiger partial charge in [0.25, 0.3) is 0 Å². The highest BCUT2D eigenvalue weighted by Crippen LogP contribution is 2.28. The number of phenolic OH excluding ortho intramolecular Hbond substituents is 1. The molecule has 1 heterocycles. The quantitative estimate of drug-likeness (QED) is 0.777. The highest BCUT2D eigenvalue weighted by atomic mass is 16.5. The van der Waals surface area contributed by atoms with Crippen LogP contribution in [0.3, 0.4) is 0 Å². The number of anilines is 1. The van der Waals surface area contributed by atoms with Gasteiger partial charge >= 0.3 is 0 Å². The van der Waals surface area contributed by atoms with Crippen molar-refractivity contribution in [1.29, 1.82) is 0 Å². The third kappa shape index (κ3) is 5.05. The lowest BCUT2D eigenvalue weighted by atomic mass is 10.2. The van der Waals surface area contributed by atoms with Crippen molar-refractivity contribution in [2.24, 2.45) is 0 Å². The second-order valence-electron chi connectivity index (χ2n) is 6.87. The molecule has 146 valence electrons. The first-order chi connectivity index (χ1) is 13.1. The normalized spacial score (nSPS) is 16.2. The lowest BCUT2D eigenvalue weighted by Gasteiger charge is -2.37. The summed E-state index contributed by atoms with van der Waals surface area (Å²) in [7, 11) is 1.70. The fourth-order valence-electron chi connectivity index (χ4n) is 3.39. The van der Waals surface area contributed by atoms with Gasteiger partial charge in [0.05, 0.1) is 12.8 Å². The molecule has 0 radical (unpaired) electrons. The number of hydrogen-bond donors (Lipinski definition) is 2. The molecule has 2 aromatic carbocycles. The molecule has 0 aliphatic carbocycles. The van der Waals surface area contributed by atoms with Crippen LogP contribution in [0.2, 0.25) is 0 Å². The zero-order chi connectivity index (χ0) is 19.2. The standard InChI is InChI=1S/C21H28N2O4/c1-16-13-17(24)7-8-20(16)27-15-18(25)14-22-9-11-23(12-10-22)19-5-3-4-6-21(19)26-2/h3-8,13,18,24-25H,9-12,14-15H2,1-2H3. The van der Waals surface area contributed by atoms with Gasteiger partial charge in [-0.25, -0.2) is 0 Å². The van der Waals surface area contributed by atoms with Crippen molar-refractivity contribution in [3.63, 3.8) is 0 Å². The molecule has 2 N–H and O–H groups in total. The molecule has 27 heavy (non-hydrogen) atoms. The average molecular weight is 372 g/mol. The number of piperazine rings is 1. The number of aryl methyl sites for hydroxylation is 1. The number of β-amino-alcohol motifs (C(OH)–C–C–N with tert-alkyl or cyclic N) is 1. The molecule has 1 atom stereocenters. The van der Waals surface area contributed by atoms with Crippen LogP contribution in [0, 0.1) is 6.92 Å². The molecule has 0 aromatic heterocycles. The number of aliphatic hydroxyl groups excluding tert-OH is 1. The van der Waals surface area contributed by atoms with Crippen LogP contribution in [0.25, 0.3) is 0 Å². The molecule has 6 heteroatoms. The maximum absolute atomic E-state index is 10.3. The van der Waals surface area contributed by atoms with Crippen LogP contribution in [0.4, 0.5) is 5.69 Å². The van der Waals surface area contributed by atoms with E-state index in [9.17, 15) is 10.2 Å². The molecule has 0 bridgehead atoms. The first kappa shape index (κ1) is 19.3. The molecule has 0 saturated carbocycles. The van der Waals surface area contributed by atoms with E-state index in [1.54, 1.807) is 25.3 Å². The number of aliphatic hydroxyl groups is 1. The van der Waals surface area contributed by atoms with Gasteiger partial charge in [-0.1, -0.05) is 12.1 Å². The molecule has 0 amide bonds. The van der Waals surface area contributed by atoms with Crippen LogP contribution < -0.4 is 14.4 Å². The molecule has 1 unspecified atom stereocenters. The van der Waals surface area contributed by atoms with Crippen molar-refractivity contribution in [2.75, 3.05) is 51.3 Å². The van der Waals surface area contributed by atoms with Crippen LogP contribution in [-0.2, 0) is 0 Å². The highest BCUT2D eigenvalue weighted by Gasteiger charge is 2.21. The Morgan fingerprint density at radius 2 is 1.78 bits per heavy atom. The summed E-state index contributed by atoms with van der Waals surface area (Å²) in [5.74, 6) is 1.80. The predicted octanol–water partition coefficient (Wildman–Crippen LogP) is 2.27. The van der Waals surface area contributed by atoms with Crippen LogP contribution >= 0.6 is 0 Å². The largest absolute Gasteiger partial charge is 0.508 e. The number of nitrogens with zero attached hydrogens (tertiary/aromatic N) is 2. The van der Waals surface area contributed by atoms with Gasteiger partial charge in [0.15, 0.2) is 0 Å². The number of para-hydroxylation sites is 2. The lowest BCUT2D eigenvalue weighted by Crippen LogP contribution is -2.49. The molecule has 1 saturated heterocycles. The Bertz CT molecular complexity index is 745. The Hall–Kier alpha value is -2.44. The highest BCUT2D eigenvalue weighted by molar-refractivity contribution is 5.58. The minimum atomic E-state index is -0.559. The molecule has 3 rings (SSSR count). The maximum Gasteiger partial charge on any atom is 0.142 e. The van der Waals surface area contributed by atoms with Crippen molar-refractivity contribution in [3.05, 3.63) is 48.0 Å². The topological polar surface area (TPSA) is 65.4 Å². The van der Waals surface area contributed by atoms with E-state index in [0.29, 0.717) is 12.3 Å². The summed E-state index contributed by atoms with van der Waals surface area (Å²) in [6.45, 7) is 6.24. The number of phenols is 1. The van der Waals surface area contributed by atoms with Gasteiger partial charge in [0, 0.05) is 32.7 Å². The van der Waals surface area contributed by atoms with E-state index in [0.717, 1.165) is 43.2 Å². The summed E-state index contributed by atoms with van der Waals surface area (Å²) in [5, 5.41) is 19.8. The van der Waals surface area contributed by atoms with E-state index < -0.39 is 6.10 Å². The Labute approximate surface area is 160 Å². The van der Waals surface area contributed by atoms with Gasteiger partial charge in [-0.05, 0) is 42.8 Å². The first-order valence-corrected chi connectivity index (χ1v) is 9.27. The van der Waals surface area contributed by atoms with Crippen molar-refractivity contribution in [2.45, 2.75) is 13.0 Å². The number of rotatable bonds is 7. The predicted molar refractivity (Wildman–Crippen MR) is 106 cm³/mol. The summed E-state index contributed by atoms with van der Waals surface area (Å²) in [6, 6.07) is 13.0. The SMILES string of the molecule is COc1ccccc1N1CCN(CC(O)COc2ccc(O)cc2C)CC1. The molecular weight excluding hydrogens is 344 g/mol. The second kappa shape index (κ2) is 8.97. The van der Waals surface area contributed by atoms with Crippen molar-refractivity contribution in [1.82, 2.24) is 4.90 Å². The van der Waals surface area contributed by atoms with Gasteiger partial charge in [-0.2, -0.15) is 0 Å². The van der Waals surface area contributed by atoms with Crippen molar-refractivity contribution < 1.29 is 19.7 Å². The van der Waals surface area contributed by atoms with Crippen LogP contribution in [-0.4, -0.2) is 67.7 Å². The monoisotopic (exact) mass is 372 g/mol. The van der Waals surface area contributed by atoms with E-state index in [2.05, 4.69) is 15.9 Å². The smallest absolute Gasteiger partial charge is 0.142 e. The van der Waals surface area contributed by atoms with Gasteiger partial charge in [0.2, 0.25) is 0 Å². The molecular formula is C21H28N2O4. The molecule has 1 aliphatic heterocycles. The van der Waals surface area contributed by atoms with Gasteiger partial charge < -0.3 is 24.6 Å². The Morgan fingerprint density at radius 3 is 2.48 bits per heavy atom. The van der Waals surface area contributed by atoms with Gasteiger partial charge in [-0.3, -0.25) is 4.90 Å². The fraction of sp³-hybridized carbons (Fsp3) is 0.429. The van der Waals surface area contributed by atoms with E-state index in [4.69, 9.17) is 9.47 Å². The van der Waals surface area contributed by atoms with Crippen LogP contribution in [0.1, 0.15) is 5.56 Å². The summed E-state index contributed by atoms with van der Waals surface area (Å²) >= 11 is 0. The number of methoxy groups -OCH3 is 1. The fourth-order valence-corrected chi connectivity index (χ4v) is 3.39. The number of ether oxygens (including phenoxy) is 2. The minimum Gasteiger partial charge on any atom is -0.508 e. The zero-order valence-electron chi connectivity index (χ0n) is 16.0. The summed E-state index contributed by atoms with van der Waals surface area (Å²) in [4.78, 5) is 4.57. The summed E-state index contributed by atoms with van der Waals surface area (Å²) in [5.41, 5.74) is 1.97. The van der Waals surface area contributed by atoms with E-state index in [-0.39, 0.29) is 12.4 Å². The Morgan fingerprint density at radius 1 is 1.04 bits per heavy atom. The summed E-state index contributed by atoms with van der Waals surface area (Å²) < 4.78 is 11.2. The summed E-state index contributed by atoms with van der Waals surface area (Å²) in [6.07, 6.45) is -0.559. The molecule has 0 spiro atoms. The van der Waals surface area contributed by atoms with E-state index in [1.165, 1.54) is 0 Å². The molecule has 6 nitrogen and oxygen atoms in total. The molecule has 1 aliphatic rings. The maximum atomic E-state index is 10.3. The average Bonchev–Trinajstić information content (AvgIpc) is 2.68. The third-order valence-electron chi connectivity index (χ3n) is 4.86. The second-order valence-corrected chi connectivity index (χ2v) is 6.87. The van der Waals surface area contributed by atoms with E-state index >= 15 is 0 Å². The van der Waals surface area contributed by atoms with Gasteiger partial charge in [-0.15, -0.1) is 0 Å². The van der Waals surface area contributed by atoms with Crippen molar-refractivity contribution >= 4 is 5.69 Å². The number of hydrogen-bond acceptors (Lipinski definition) is 6. The number of benzene rings is 2. The number of aromatic hydroxyl groups is 1. The Kier molecular flexibility index (Phi) is 6.42. The lowest BCUT2D eigenvalue weighted by molar-refractivity contribution is 0.0660. The minimum absolute atomic E-state index is 0.216. The Balaban J connectivity index is 1.46. The van der Waals surface area contributed by atoms with E-state index in [1.807, 2.05) is 25.1 Å². The van der Waals surface area contributed by atoms with Crippen LogP contribution in [0.15, 0.2) is 42.5 Å². The molecule has 2 aromatic rings. The van der Waals surface area contributed by atoms with Gasteiger partial charge in [0.1, 0.15) is 30.0 Å².